The van der Waals surface area contributed by atoms with E-state index in [1.807, 2.05) is 19.1 Å². The Morgan fingerprint density at radius 1 is 1.24 bits per heavy atom. The van der Waals surface area contributed by atoms with Crippen LogP contribution in [0.3, 0.4) is 0 Å². The van der Waals surface area contributed by atoms with E-state index in [2.05, 4.69) is 52.5 Å². The summed E-state index contributed by atoms with van der Waals surface area (Å²) in [5.41, 5.74) is 5.27. The van der Waals surface area contributed by atoms with Gasteiger partial charge in [0.05, 0.1) is 11.0 Å². The van der Waals surface area contributed by atoms with Crippen LogP contribution >= 0.6 is 15.9 Å². The lowest BCUT2D eigenvalue weighted by molar-refractivity contribution is -0.384. The lowest BCUT2D eigenvalue weighted by Gasteiger charge is -2.38. The number of rotatable bonds is 2. The van der Waals surface area contributed by atoms with Crippen LogP contribution in [0.15, 0.2) is 47.0 Å². The zero-order chi connectivity index (χ0) is 17.7. The molecule has 1 heterocycles. The van der Waals surface area contributed by atoms with E-state index in [0.717, 1.165) is 27.6 Å². The van der Waals surface area contributed by atoms with E-state index < -0.39 is 0 Å². The van der Waals surface area contributed by atoms with Crippen LogP contribution in [-0.2, 0) is 0 Å². The molecule has 1 aliphatic carbocycles. The minimum absolute atomic E-state index is 0.0707. The lowest BCUT2D eigenvalue weighted by atomic mass is 9.74. The Balaban J connectivity index is 1.90. The van der Waals surface area contributed by atoms with Crippen LogP contribution in [0.25, 0.3) is 0 Å². The Hall–Kier alpha value is -2.14. The highest BCUT2D eigenvalue weighted by molar-refractivity contribution is 9.10. The van der Waals surface area contributed by atoms with Gasteiger partial charge < -0.3 is 5.32 Å². The summed E-state index contributed by atoms with van der Waals surface area (Å²) < 4.78 is 1.03. The fourth-order valence-electron chi connectivity index (χ4n) is 4.22. The Morgan fingerprint density at radius 2 is 1.96 bits per heavy atom. The summed E-state index contributed by atoms with van der Waals surface area (Å²) in [5, 5.41) is 15.2. The van der Waals surface area contributed by atoms with Crippen LogP contribution in [0, 0.1) is 29.9 Å². The molecule has 0 radical (unpaired) electrons. The van der Waals surface area contributed by atoms with Crippen LogP contribution in [0.4, 0.5) is 11.4 Å². The first-order valence-electron chi connectivity index (χ1n) is 8.44. The van der Waals surface area contributed by atoms with E-state index in [-0.39, 0.29) is 22.6 Å². The highest BCUT2D eigenvalue weighted by Gasteiger charge is 2.41. The van der Waals surface area contributed by atoms with E-state index in [1.54, 1.807) is 6.07 Å². The lowest BCUT2D eigenvalue weighted by Crippen LogP contribution is -2.30. The molecule has 0 aromatic heterocycles. The normalized spacial score (nSPS) is 23.7. The van der Waals surface area contributed by atoms with Gasteiger partial charge in [-0.1, -0.05) is 40.2 Å². The molecule has 2 aromatic rings. The molecular formula is C20H19BrN2O2. The van der Waals surface area contributed by atoms with Crippen LogP contribution in [0.2, 0.25) is 0 Å². The number of fused-ring (bicyclic) bond motifs is 3. The highest BCUT2D eigenvalue weighted by atomic mass is 79.9. The number of nitro groups is 1. The summed E-state index contributed by atoms with van der Waals surface area (Å²) in [6.07, 6.45) is 5.43. The molecule has 4 nitrogen and oxygen atoms in total. The maximum atomic E-state index is 11.7. The molecule has 1 aliphatic heterocycles. The van der Waals surface area contributed by atoms with Gasteiger partial charge in [-0.25, -0.2) is 0 Å². The molecule has 0 saturated heterocycles. The Labute approximate surface area is 155 Å². The maximum Gasteiger partial charge on any atom is 0.292 e. The SMILES string of the molecule is Cc1cc([N+](=O)[O-])c2c(c1C)[C@@H]1C=CC[C@@H]1[C@@H](c1ccc(Br)cc1)N2. The zero-order valence-electron chi connectivity index (χ0n) is 14.1. The average Bonchev–Trinajstić information content (AvgIpc) is 3.07. The van der Waals surface area contributed by atoms with Gasteiger partial charge in [-0.15, -0.1) is 0 Å². The van der Waals surface area contributed by atoms with Crippen molar-refractivity contribution in [2.24, 2.45) is 5.92 Å². The Kier molecular flexibility index (Phi) is 3.91. The van der Waals surface area contributed by atoms with Gasteiger partial charge in [-0.2, -0.15) is 0 Å². The first-order chi connectivity index (χ1) is 12.0. The van der Waals surface area contributed by atoms with Gasteiger partial charge >= 0.3 is 0 Å². The number of hydrogen-bond donors (Lipinski definition) is 1. The highest BCUT2D eigenvalue weighted by Crippen LogP contribution is 2.53. The van der Waals surface area contributed by atoms with Crippen LogP contribution in [-0.4, -0.2) is 4.92 Å². The zero-order valence-corrected chi connectivity index (χ0v) is 15.7. The van der Waals surface area contributed by atoms with Crippen LogP contribution < -0.4 is 5.32 Å². The molecule has 5 heteroatoms. The summed E-state index contributed by atoms with van der Waals surface area (Å²) in [6, 6.07) is 10.0. The van der Waals surface area contributed by atoms with Crippen molar-refractivity contribution >= 4 is 27.3 Å². The van der Waals surface area contributed by atoms with Gasteiger partial charge in [0.15, 0.2) is 0 Å². The summed E-state index contributed by atoms with van der Waals surface area (Å²) in [4.78, 5) is 11.4. The molecule has 0 unspecified atom stereocenters. The predicted molar refractivity (Wildman–Crippen MR) is 103 cm³/mol. The van der Waals surface area contributed by atoms with E-state index >= 15 is 0 Å². The first-order valence-corrected chi connectivity index (χ1v) is 9.24. The number of allylic oxidation sites excluding steroid dienone is 2. The van der Waals surface area contributed by atoms with Gasteiger partial charge in [-0.3, -0.25) is 10.1 Å². The number of anilines is 1. The number of aryl methyl sites for hydroxylation is 1. The average molecular weight is 399 g/mol. The van der Waals surface area contributed by atoms with Crippen LogP contribution in [0.5, 0.6) is 0 Å². The second-order valence-corrected chi connectivity index (χ2v) is 7.83. The predicted octanol–water partition coefficient (Wildman–Crippen LogP) is 5.80. The van der Waals surface area contributed by atoms with Gasteiger partial charge in [0.1, 0.15) is 5.69 Å². The minimum Gasteiger partial charge on any atom is -0.372 e. The molecule has 0 fully saturated rings. The topological polar surface area (TPSA) is 55.2 Å². The quantitative estimate of drug-likeness (QED) is 0.395. The van der Waals surface area contributed by atoms with E-state index in [9.17, 15) is 10.1 Å². The molecule has 3 atom stereocenters. The number of benzene rings is 2. The van der Waals surface area contributed by atoms with Crippen molar-refractivity contribution in [1.29, 1.82) is 0 Å². The largest absolute Gasteiger partial charge is 0.372 e. The Morgan fingerprint density at radius 3 is 2.64 bits per heavy atom. The van der Waals surface area contributed by atoms with Gasteiger partial charge in [0.2, 0.25) is 0 Å². The second-order valence-electron chi connectivity index (χ2n) is 6.91. The number of hydrogen-bond acceptors (Lipinski definition) is 3. The molecule has 25 heavy (non-hydrogen) atoms. The molecule has 0 spiro atoms. The standard InChI is InChI=1S/C20H19BrN2O2/c1-11-10-17(23(24)25)20-18(12(11)2)15-4-3-5-16(15)19(22-20)13-6-8-14(21)9-7-13/h3-4,6-10,15-16,19,22H,5H2,1-2H3/t15-,16+,19-/m1/s1. The monoisotopic (exact) mass is 398 g/mol. The van der Waals surface area contributed by atoms with Gasteiger partial charge in [-0.05, 0) is 60.6 Å². The smallest absolute Gasteiger partial charge is 0.292 e. The number of nitro benzene ring substituents is 1. The molecule has 128 valence electrons. The van der Waals surface area contributed by atoms with Crippen molar-refractivity contribution in [2.45, 2.75) is 32.2 Å². The van der Waals surface area contributed by atoms with E-state index in [4.69, 9.17) is 0 Å². The van der Waals surface area contributed by atoms with Crippen LogP contribution in [0.1, 0.15) is 40.6 Å². The number of nitrogens with zero attached hydrogens (tertiary/aromatic N) is 1. The van der Waals surface area contributed by atoms with Crippen molar-refractivity contribution in [3.05, 3.63) is 79.3 Å². The molecule has 0 amide bonds. The minimum atomic E-state index is -0.268. The summed E-state index contributed by atoms with van der Waals surface area (Å²) in [5.74, 6) is 0.609. The van der Waals surface area contributed by atoms with Crippen molar-refractivity contribution in [1.82, 2.24) is 0 Å². The molecule has 0 bridgehead atoms. The summed E-state index contributed by atoms with van der Waals surface area (Å²) in [6.45, 7) is 4.03. The summed E-state index contributed by atoms with van der Waals surface area (Å²) in [7, 11) is 0. The fraction of sp³-hybridized carbons (Fsp3) is 0.300. The molecule has 4 rings (SSSR count). The maximum absolute atomic E-state index is 11.7. The van der Waals surface area contributed by atoms with Crippen molar-refractivity contribution in [2.75, 3.05) is 5.32 Å². The Bertz CT molecular complexity index is 890. The van der Waals surface area contributed by atoms with E-state index in [0.29, 0.717) is 11.6 Å². The van der Waals surface area contributed by atoms with Crippen molar-refractivity contribution < 1.29 is 4.92 Å². The third kappa shape index (κ3) is 2.58. The van der Waals surface area contributed by atoms with E-state index in [1.165, 1.54) is 5.56 Å². The van der Waals surface area contributed by atoms with Crippen molar-refractivity contribution in [3.63, 3.8) is 0 Å². The molecule has 1 N–H and O–H groups in total. The first kappa shape index (κ1) is 16.3. The third-order valence-electron chi connectivity index (χ3n) is 5.57. The second kappa shape index (κ2) is 5.99. The van der Waals surface area contributed by atoms with Crippen molar-refractivity contribution in [3.8, 4) is 0 Å². The number of halogens is 1. The molecule has 2 aromatic carbocycles. The molecule has 2 aliphatic rings. The number of nitrogens with one attached hydrogen (secondary N) is 1. The summed E-state index contributed by atoms with van der Waals surface area (Å²) >= 11 is 3.48. The van der Waals surface area contributed by atoms with Gasteiger partial charge in [0.25, 0.3) is 5.69 Å². The fourth-order valence-corrected chi connectivity index (χ4v) is 4.49. The van der Waals surface area contributed by atoms with Gasteiger partial charge in [0, 0.05) is 16.5 Å². The third-order valence-corrected chi connectivity index (χ3v) is 6.10. The molecular weight excluding hydrogens is 380 g/mol. The molecule has 0 saturated carbocycles.